The largest absolute Gasteiger partial charge is 0.152 e. The summed E-state index contributed by atoms with van der Waals surface area (Å²) in [6.45, 7) is 0. The number of hydrogen-bond donors (Lipinski definition) is 0. The van der Waals surface area contributed by atoms with E-state index in [-0.39, 0.29) is 16.8 Å². The molecule has 0 unspecified atom stereocenters. The molecule has 0 saturated carbocycles. The van der Waals surface area contributed by atoms with Crippen molar-refractivity contribution >= 4 is 11.3 Å². The van der Waals surface area contributed by atoms with Gasteiger partial charge in [0.15, 0.2) is 0 Å². The fraction of sp³-hybridized carbons (Fsp3) is 0. The van der Waals surface area contributed by atoms with Crippen LogP contribution in [-0.2, 0) is 16.8 Å². The zero-order valence-corrected chi connectivity index (χ0v) is 4.91. The van der Waals surface area contributed by atoms with Crippen molar-refractivity contribution in [1.29, 1.82) is 0 Å². The molecule has 0 nitrogen and oxygen atoms in total. The van der Waals surface area contributed by atoms with Crippen molar-refractivity contribution in [1.82, 2.24) is 0 Å². The van der Waals surface area contributed by atoms with Crippen LogP contribution in [0, 0.1) is 0 Å². The first kappa shape index (κ1) is 6.21. The van der Waals surface area contributed by atoms with Crippen LogP contribution in [0.5, 0.6) is 0 Å². The van der Waals surface area contributed by atoms with E-state index in [4.69, 9.17) is 0 Å². The maximum atomic E-state index is 2.04. The zero-order valence-electron chi connectivity index (χ0n) is 3.05. The summed E-state index contributed by atoms with van der Waals surface area (Å²) in [5.74, 6) is 0. The quantitative estimate of drug-likeness (QED) is 0.519. The molecular weight excluding hydrogens is 139 g/mol. The Balaban J connectivity index is 0.000000250. The van der Waals surface area contributed by atoms with Gasteiger partial charge < -0.3 is 0 Å². The monoisotopic (exact) mass is 143 g/mol. The van der Waals surface area contributed by atoms with Crippen LogP contribution in [-0.4, -0.2) is 0 Å². The minimum Gasteiger partial charge on any atom is -0.152 e. The minimum atomic E-state index is 0. The van der Waals surface area contributed by atoms with Crippen LogP contribution in [0.15, 0.2) is 22.9 Å². The van der Waals surface area contributed by atoms with Gasteiger partial charge in [-0.2, -0.15) is 11.3 Å². The van der Waals surface area contributed by atoms with Crippen LogP contribution in [0.2, 0.25) is 0 Å². The van der Waals surface area contributed by atoms with Gasteiger partial charge in [-0.25, -0.2) is 0 Å². The molecule has 0 aliphatic rings. The van der Waals surface area contributed by atoms with E-state index in [2.05, 4.69) is 0 Å². The minimum absolute atomic E-state index is 0. The van der Waals surface area contributed by atoms with Gasteiger partial charge in [-0.3, -0.25) is 0 Å². The first-order valence-electron chi connectivity index (χ1n) is 1.47. The van der Waals surface area contributed by atoms with E-state index in [0.717, 1.165) is 0 Å². The maximum absolute atomic E-state index is 2.04. The molecule has 1 radical (unpaired) electrons. The Kier molecular flexibility index (Phi) is 3.52. The maximum Gasteiger partial charge on any atom is 0 e. The molecule has 0 aliphatic heterocycles. The van der Waals surface area contributed by atoms with Gasteiger partial charge in [0.1, 0.15) is 0 Å². The number of thiophene rings is 1. The summed E-state index contributed by atoms with van der Waals surface area (Å²) in [5.41, 5.74) is 0. The van der Waals surface area contributed by atoms with E-state index < -0.39 is 0 Å². The molecule has 1 heterocycles. The second-order valence-electron chi connectivity index (χ2n) is 0.793. The van der Waals surface area contributed by atoms with E-state index in [1.165, 1.54) is 0 Å². The van der Waals surface area contributed by atoms with Gasteiger partial charge in [0.2, 0.25) is 0 Å². The molecule has 0 atom stereocenters. The molecule has 35 valence electrons. The van der Waals surface area contributed by atoms with Crippen LogP contribution in [0.3, 0.4) is 0 Å². The van der Waals surface area contributed by atoms with Gasteiger partial charge in [0.05, 0.1) is 0 Å². The molecule has 6 heavy (non-hydrogen) atoms. The Labute approximate surface area is 51.4 Å². The molecule has 0 N–H and O–H groups in total. The molecule has 1 aromatic rings. The van der Waals surface area contributed by atoms with Gasteiger partial charge in [0.25, 0.3) is 0 Å². The molecule has 0 fully saturated rings. The molecule has 0 amide bonds. The fourth-order valence-electron chi connectivity index (χ4n) is 0.227. The standard InChI is InChI=1S/C4H4S.Co/c1-2-4-5-3-1;/h1-4H;. The summed E-state index contributed by atoms with van der Waals surface area (Å²) >= 11 is 1.71. The average Bonchev–Trinajstić information content (AvgIpc) is 1.76. The summed E-state index contributed by atoms with van der Waals surface area (Å²) in [6.07, 6.45) is 0. The first-order valence-corrected chi connectivity index (χ1v) is 2.41. The second-order valence-corrected chi connectivity index (χ2v) is 1.61. The van der Waals surface area contributed by atoms with Gasteiger partial charge in [-0.15, -0.1) is 0 Å². The van der Waals surface area contributed by atoms with Gasteiger partial charge in [0, 0.05) is 16.8 Å². The Bertz CT molecular complexity index is 64.0. The molecule has 0 saturated heterocycles. The third-order valence-electron chi connectivity index (χ3n) is 0.425. The first-order chi connectivity index (χ1) is 2.50. The van der Waals surface area contributed by atoms with Crippen molar-refractivity contribution in [3.8, 4) is 0 Å². The van der Waals surface area contributed by atoms with Crippen LogP contribution >= 0.6 is 11.3 Å². The topological polar surface area (TPSA) is 0 Å². The number of rotatable bonds is 0. The number of hydrogen-bond acceptors (Lipinski definition) is 1. The predicted molar refractivity (Wildman–Crippen MR) is 24.3 cm³/mol. The molecule has 2 heteroatoms. The fourth-order valence-corrected chi connectivity index (χ4v) is 0.680. The summed E-state index contributed by atoms with van der Waals surface area (Å²) < 4.78 is 0. The van der Waals surface area contributed by atoms with E-state index >= 15 is 0 Å². The molecular formula is C4H4CoS. The Hall–Kier alpha value is 0.206. The summed E-state index contributed by atoms with van der Waals surface area (Å²) in [4.78, 5) is 0. The van der Waals surface area contributed by atoms with Crippen molar-refractivity contribution < 1.29 is 16.8 Å². The zero-order chi connectivity index (χ0) is 3.54. The molecule has 1 rings (SSSR count). The van der Waals surface area contributed by atoms with E-state index in [1.807, 2.05) is 22.9 Å². The Morgan fingerprint density at radius 1 is 1.00 bits per heavy atom. The molecule has 0 aromatic carbocycles. The Morgan fingerprint density at radius 2 is 1.50 bits per heavy atom. The van der Waals surface area contributed by atoms with E-state index in [0.29, 0.717) is 0 Å². The van der Waals surface area contributed by atoms with Gasteiger partial charge >= 0.3 is 0 Å². The van der Waals surface area contributed by atoms with Crippen LogP contribution in [0.1, 0.15) is 0 Å². The predicted octanol–water partition coefficient (Wildman–Crippen LogP) is 1.75. The molecule has 0 spiro atoms. The van der Waals surface area contributed by atoms with Gasteiger partial charge in [-0.05, 0) is 10.8 Å². The SMILES string of the molecule is [Co].c1ccsc1. The normalized spacial score (nSPS) is 6.67. The van der Waals surface area contributed by atoms with Crippen LogP contribution in [0.4, 0.5) is 0 Å². The third kappa shape index (κ3) is 1.60. The molecule has 0 bridgehead atoms. The van der Waals surface area contributed by atoms with E-state index in [1.54, 1.807) is 11.3 Å². The summed E-state index contributed by atoms with van der Waals surface area (Å²) in [7, 11) is 0. The van der Waals surface area contributed by atoms with Crippen LogP contribution in [0.25, 0.3) is 0 Å². The van der Waals surface area contributed by atoms with Crippen molar-refractivity contribution in [2.75, 3.05) is 0 Å². The Morgan fingerprint density at radius 3 is 1.67 bits per heavy atom. The summed E-state index contributed by atoms with van der Waals surface area (Å²) in [6, 6.07) is 4.04. The molecule has 1 aromatic heterocycles. The average molecular weight is 143 g/mol. The summed E-state index contributed by atoms with van der Waals surface area (Å²) in [5, 5.41) is 4.08. The third-order valence-corrected chi connectivity index (χ3v) is 1.05. The van der Waals surface area contributed by atoms with Crippen molar-refractivity contribution in [2.45, 2.75) is 0 Å². The van der Waals surface area contributed by atoms with Crippen molar-refractivity contribution in [3.05, 3.63) is 22.9 Å². The van der Waals surface area contributed by atoms with Gasteiger partial charge in [-0.1, -0.05) is 12.1 Å². The second kappa shape index (κ2) is 3.40. The van der Waals surface area contributed by atoms with Crippen molar-refractivity contribution in [3.63, 3.8) is 0 Å². The van der Waals surface area contributed by atoms with Crippen molar-refractivity contribution in [2.24, 2.45) is 0 Å². The smallest absolute Gasteiger partial charge is 0 e. The molecule has 0 aliphatic carbocycles. The van der Waals surface area contributed by atoms with E-state index in [9.17, 15) is 0 Å². The van der Waals surface area contributed by atoms with Crippen LogP contribution < -0.4 is 0 Å².